The van der Waals surface area contributed by atoms with Crippen LogP contribution >= 0.6 is 0 Å². The predicted octanol–water partition coefficient (Wildman–Crippen LogP) is 0.444. The zero-order valence-electron chi connectivity index (χ0n) is 7.99. The molecule has 0 aromatic heterocycles. The van der Waals surface area contributed by atoms with E-state index < -0.39 is 6.03 Å². The Balaban J connectivity index is 2.08. The second-order valence-corrected chi connectivity index (χ2v) is 2.95. The van der Waals surface area contributed by atoms with Gasteiger partial charge in [-0.15, -0.1) is 0 Å². The number of hydrogen-bond acceptors (Lipinski definition) is 2. The third kappa shape index (κ3) is 4.47. The molecular formula is C10H15N3O. The molecule has 0 bridgehead atoms. The van der Waals surface area contributed by atoms with E-state index in [1.165, 1.54) is 5.56 Å². The SMILES string of the molecule is NC(=O)NCCNCc1ccccc1. The highest BCUT2D eigenvalue weighted by molar-refractivity contribution is 5.71. The first-order valence-electron chi connectivity index (χ1n) is 4.57. The van der Waals surface area contributed by atoms with Crippen molar-refractivity contribution < 1.29 is 4.79 Å². The van der Waals surface area contributed by atoms with E-state index in [-0.39, 0.29) is 0 Å². The minimum atomic E-state index is -0.480. The Bertz CT molecular complexity index is 274. The first kappa shape index (κ1) is 10.5. The summed E-state index contributed by atoms with van der Waals surface area (Å²) < 4.78 is 0. The van der Waals surface area contributed by atoms with E-state index in [0.29, 0.717) is 6.54 Å². The summed E-state index contributed by atoms with van der Waals surface area (Å²) in [6.45, 7) is 2.08. The molecule has 0 fully saturated rings. The molecule has 76 valence electrons. The standard InChI is InChI=1S/C10H15N3O/c11-10(14)13-7-6-12-8-9-4-2-1-3-5-9/h1-5,12H,6-8H2,(H3,11,13,14). The minimum absolute atomic E-state index is 0.480. The summed E-state index contributed by atoms with van der Waals surface area (Å²) in [5.74, 6) is 0. The highest BCUT2D eigenvalue weighted by Crippen LogP contribution is 1.96. The summed E-state index contributed by atoms with van der Waals surface area (Å²) >= 11 is 0. The monoisotopic (exact) mass is 193 g/mol. The van der Waals surface area contributed by atoms with Crippen molar-refractivity contribution >= 4 is 6.03 Å². The quantitative estimate of drug-likeness (QED) is 0.594. The van der Waals surface area contributed by atoms with Gasteiger partial charge in [-0.3, -0.25) is 0 Å². The van der Waals surface area contributed by atoms with Crippen LogP contribution in [0.3, 0.4) is 0 Å². The molecule has 0 saturated heterocycles. The van der Waals surface area contributed by atoms with Crippen LogP contribution in [0.4, 0.5) is 4.79 Å². The lowest BCUT2D eigenvalue weighted by molar-refractivity contribution is 0.249. The molecule has 0 aliphatic rings. The second kappa shape index (κ2) is 5.99. The first-order chi connectivity index (χ1) is 6.79. The molecule has 0 saturated carbocycles. The first-order valence-corrected chi connectivity index (χ1v) is 4.57. The molecule has 0 radical (unpaired) electrons. The van der Waals surface area contributed by atoms with Gasteiger partial charge in [-0.1, -0.05) is 30.3 Å². The van der Waals surface area contributed by atoms with E-state index in [9.17, 15) is 4.79 Å². The Labute approximate surface area is 83.5 Å². The maximum Gasteiger partial charge on any atom is 0.312 e. The molecule has 0 spiro atoms. The van der Waals surface area contributed by atoms with E-state index in [0.717, 1.165) is 13.1 Å². The summed E-state index contributed by atoms with van der Waals surface area (Å²) in [6, 6.07) is 9.60. The summed E-state index contributed by atoms with van der Waals surface area (Å²) in [5.41, 5.74) is 6.14. The van der Waals surface area contributed by atoms with Crippen LogP contribution in [-0.4, -0.2) is 19.1 Å². The number of urea groups is 1. The zero-order chi connectivity index (χ0) is 10.2. The number of primary amides is 1. The maximum atomic E-state index is 10.3. The Morgan fingerprint density at radius 2 is 1.93 bits per heavy atom. The largest absolute Gasteiger partial charge is 0.352 e. The average molecular weight is 193 g/mol. The number of carbonyl (C=O) groups excluding carboxylic acids is 1. The molecular weight excluding hydrogens is 178 g/mol. The van der Waals surface area contributed by atoms with Gasteiger partial charge in [0.25, 0.3) is 0 Å². The lowest BCUT2D eigenvalue weighted by Crippen LogP contribution is -2.35. The van der Waals surface area contributed by atoms with E-state index in [1.807, 2.05) is 18.2 Å². The van der Waals surface area contributed by atoms with E-state index in [4.69, 9.17) is 5.73 Å². The molecule has 4 nitrogen and oxygen atoms in total. The van der Waals surface area contributed by atoms with Crippen LogP contribution < -0.4 is 16.4 Å². The van der Waals surface area contributed by atoms with E-state index in [1.54, 1.807) is 0 Å². The van der Waals surface area contributed by atoms with Gasteiger partial charge >= 0.3 is 6.03 Å². The fraction of sp³-hybridized carbons (Fsp3) is 0.300. The molecule has 0 unspecified atom stereocenters. The van der Waals surface area contributed by atoms with Gasteiger partial charge in [-0.05, 0) is 5.56 Å². The molecule has 1 aromatic rings. The Kier molecular flexibility index (Phi) is 4.50. The lowest BCUT2D eigenvalue weighted by Gasteiger charge is -2.04. The van der Waals surface area contributed by atoms with Crippen LogP contribution in [0.1, 0.15) is 5.56 Å². The fourth-order valence-electron chi connectivity index (χ4n) is 1.10. The van der Waals surface area contributed by atoms with Crippen molar-refractivity contribution in [1.82, 2.24) is 10.6 Å². The van der Waals surface area contributed by atoms with Crippen LogP contribution in [0.15, 0.2) is 30.3 Å². The third-order valence-corrected chi connectivity index (χ3v) is 1.77. The number of nitrogens with one attached hydrogen (secondary N) is 2. The van der Waals surface area contributed by atoms with Crippen molar-refractivity contribution in [3.63, 3.8) is 0 Å². The molecule has 0 heterocycles. The maximum absolute atomic E-state index is 10.3. The zero-order valence-corrected chi connectivity index (χ0v) is 7.99. The summed E-state index contributed by atoms with van der Waals surface area (Å²) in [7, 11) is 0. The number of amides is 2. The predicted molar refractivity (Wildman–Crippen MR) is 55.7 cm³/mol. The summed E-state index contributed by atoms with van der Waals surface area (Å²) in [5, 5.41) is 5.69. The number of carbonyl (C=O) groups is 1. The van der Waals surface area contributed by atoms with Crippen molar-refractivity contribution in [2.24, 2.45) is 5.73 Å². The molecule has 0 atom stereocenters. The fourth-order valence-corrected chi connectivity index (χ4v) is 1.10. The van der Waals surface area contributed by atoms with Crippen LogP contribution in [0.2, 0.25) is 0 Å². The van der Waals surface area contributed by atoms with Gasteiger partial charge in [-0.2, -0.15) is 0 Å². The van der Waals surface area contributed by atoms with Crippen molar-refractivity contribution in [2.45, 2.75) is 6.54 Å². The molecule has 1 rings (SSSR count). The molecule has 4 N–H and O–H groups in total. The molecule has 0 aliphatic heterocycles. The van der Waals surface area contributed by atoms with Crippen LogP contribution in [0, 0.1) is 0 Å². The normalized spacial score (nSPS) is 9.71. The number of rotatable bonds is 5. The van der Waals surface area contributed by atoms with Gasteiger partial charge < -0.3 is 16.4 Å². The number of hydrogen-bond donors (Lipinski definition) is 3. The summed E-state index contributed by atoms with van der Waals surface area (Å²) in [6.07, 6.45) is 0. The van der Waals surface area contributed by atoms with Crippen molar-refractivity contribution in [3.05, 3.63) is 35.9 Å². The van der Waals surface area contributed by atoms with Crippen molar-refractivity contribution in [2.75, 3.05) is 13.1 Å². The molecule has 0 aliphatic carbocycles. The Hall–Kier alpha value is -1.55. The smallest absolute Gasteiger partial charge is 0.312 e. The van der Waals surface area contributed by atoms with E-state index >= 15 is 0 Å². The minimum Gasteiger partial charge on any atom is -0.352 e. The van der Waals surface area contributed by atoms with Gasteiger partial charge in [0.2, 0.25) is 0 Å². The van der Waals surface area contributed by atoms with Crippen LogP contribution in [0.5, 0.6) is 0 Å². The second-order valence-electron chi connectivity index (χ2n) is 2.95. The molecule has 14 heavy (non-hydrogen) atoms. The molecule has 2 amide bonds. The van der Waals surface area contributed by atoms with Gasteiger partial charge in [0.05, 0.1) is 0 Å². The average Bonchev–Trinajstić information content (AvgIpc) is 2.18. The Morgan fingerprint density at radius 1 is 1.21 bits per heavy atom. The van der Waals surface area contributed by atoms with Crippen molar-refractivity contribution in [1.29, 1.82) is 0 Å². The number of nitrogens with two attached hydrogens (primary N) is 1. The summed E-state index contributed by atoms with van der Waals surface area (Å²) in [4.78, 5) is 10.3. The van der Waals surface area contributed by atoms with Crippen LogP contribution in [0.25, 0.3) is 0 Å². The van der Waals surface area contributed by atoms with Gasteiger partial charge in [-0.25, -0.2) is 4.79 Å². The van der Waals surface area contributed by atoms with E-state index in [2.05, 4.69) is 22.8 Å². The van der Waals surface area contributed by atoms with Crippen LogP contribution in [-0.2, 0) is 6.54 Å². The Morgan fingerprint density at radius 3 is 2.57 bits per heavy atom. The lowest BCUT2D eigenvalue weighted by atomic mass is 10.2. The van der Waals surface area contributed by atoms with Gasteiger partial charge in [0.15, 0.2) is 0 Å². The molecule has 1 aromatic carbocycles. The van der Waals surface area contributed by atoms with Gasteiger partial charge in [0, 0.05) is 19.6 Å². The third-order valence-electron chi connectivity index (χ3n) is 1.77. The van der Waals surface area contributed by atoms with Gasteiger partial charge in [0.1, 0.15) is 0 Å². The highest BCUT2D eigenvalue weighted by atomic mass is 16.2. The molecule has 4 heteroatoms. The van der Waals surface area contributed by atoms with Crippen molar-refractivity contribution in [3.8, 4) is 0 Å². The topological polar surface area (TPSA) is 67.2 Å². The highest BCUT2D eigenvalue weighted by Gasteiger charge is 1.91. The number of benzene rings is 1.